The van der Waals surface area contributed by atoms with Gasteiger partial charge < -0.3 is 15.4 Å². The number of aromatic nitrogens is 1. The molecule has 0 bridgehead atoms. The molecule has 4 heteroatoms. The van der Waals surface area contributed by atoms with Crippen molar-refractivity contribution in [2.24, 2.45) is 5.73 Å². The first-order valence-corrected chi connectivity index (χ1v) is 5.78. The van der Waals surface area contributed by atoms with Crippen molar-refractivity contribution in [2.45, 2.75) is 25.4 Å². The Morgan fingerprint density at radius 2 is 2.38 bits per heavy atom. The lowest BCUT2D eigenvalue weighted by Gasteiger charge is -2.16. The summed E-state index contributed by atoms with van der Waals surface area (Å²) in [6.07, 6.45) is 4.39. The van der Waals surface area contributed by atoms with Crippen molar-refractivity contribution >= 4 is 0 Å². The number of likely N-dealkylation sites (N-methyl/N-ethyl adjacent to an activating group) is 1. The number of pyridine rings is 1. The van der Waals surface area contributed by atoms with Gasteiger partial charge in [-0.2, -0.15) is 0 Å². The highest BCUT2D eigenvalue weighted by molar-refractivity contribution is 5.24. The predicted octanol–water partition coefficient (Wildman–Crippen LogP) is 1.01. The lowest BCUT2D eigenvalue weighted by molar-refractivity contribution is 0.225. The third-order valence-electron chi connectivity index (χ3n) is 2.92. The summed E-state index contributed by atoms with van der Waals surface area (Å²) in [7, 11) is 2.14. The number of hydrogen-bond donors (Lipinski definition) is 1. The van der Waals surface area contributed by atoms with Crippen LogP contribution in [0.1, 0.15) is 18.4 Å². The molecule has 0 aromatic carbocycles. The van der Waals surface area contributed by atoms with Crippen LogP contribution >= 0.6 is 0 Å². The third kappa shape index (κ3) is 2.93. The van der Waals surface area contributed by atoms with Crippen molar-refractivity contribution in [2.75, 3.05) is 20.2 Å². The predicted molar refractivity (Wildman–Crippen MR) is 63.3 cm³/mol. The molecule has 0 radical (unpaired) electrons. The standard InChI is InChI=1S/C12H19N3O/c1-15(11-4-5-11)7-8-16-12-10(9-13)3-2-6-14-12/h2-3,6,11H,4-5,7-9,13H2,1H3. The Hall–Kier alpha value is -1.13. The number of nitrogens with two attached hydrogens (primary N) is 1. The first-order chi connectivity index (χ1) is 7.81. The minimum Gasteiger partial charge on any atom is -0.476 e. The fourth-order valence-corrected chi connectivity index (χ4v) is 1.69. The zero-order valence-corrected chi connectivity index (χ0v) is 9.72. The molecule has 1 aromatic rings. The highest BCUT2D eigenvalue weighted by Crippen LogP contribution is 2.24. The smallest absolute Gasteiger partial charge is 0.217 e. The largest absolute Gasteiger partial charge is 0.476 e. The van der Waals surface area contributed by atoms with Crippen LogP contribution in [0.2, 0.25) is 0 Å². The molecule has 1 aliphatic carbocycles. The van der Waals surface area contributed by atoms with Crippen molar-refractivity contribution in [3.8, 4) is 5.88 Å². The van der Waals surface area contributed by atoms with Gasteiger partial charge in [0.25, 0.3) is 0 Å². The summed E-state index contributed by atoms with van der Waals surface area (Å²) >= 11 is 0. The lowest BCUT2D eigenvalue weighted by atomic mass is 10.3. The van der Waals surface area contributed by atoms with Crippen molar-refractivity contribution in [3.63, 3.8) is 0 Å². The van der Waals surface area contributed by atoms with Gasteiger partial charge in [0.15, 0.2) is 0 Å². The molecule has 0 aliphatic heterocycles. The van der Waals surface area contributed by atoms with Crippen LogP contribution in [0, 0.1) is 0 Å². The van der Waals surface area contributed by atoms with Gasteiger partial charge in [-0.15, -0.1) is 0 Å². The van der Waals surface area contributed by atoms with E-state index in [1.807, 2.05) is 12.1 Å². The van der Waals surface area contributed by atoms with Gasteiger partial charge in [0.1, 0.15) is 6.61 Å². The van der Waals surface area contributed by atoms with E-state index in [0.29, 0.717) is 19.0 Å². The minimum atomic E-state index is 0.474. The topological polar surface area (TPSA) is 51.4 Å². The number of rotatable bonds is 6. The van der Waals surface area contributed by atoms with Gasteiger partial charge in [-0.3, -0.25) is 0 Å². The van der Waals surface area contributed by atoms with Crippen LogP contribution in [0.4, 0.5) is 0 Å². The first kappa shape index (κ1) is 11.4. The second-order valence-electron chi connectivity index (χ2n) is 4.23. The Morgan fingerprint density at radius 3 is 3.06 bits per heavy atom. The molecular weight excluding hydrogens is 202 g/mol. The van der Waals surface area contributed by atoms with E-state index < -0.39 is 0 Å². The highest BCUT2D eigenvalue weighted by atomic mass is 16.5. The molecule has 1 heterocycles. The quantitative estimate of drug-likeness (QED) is 0.779. The fourth-order valence-electron chi connectivity index (χ4n) is 1.69. The molecule has 0 spiro atoms. The maximum absolute atomic E-state index is 5.64. The normalized spacial score (nSPS) is 15.4. The van der Waals surface area contributed by atoms with Crippen molar-refractivity contribution in [3.05, 3.63) is 23.9 Å². The summed E-state index contributed by atoms with van der Waals surface area (Å²) in [5.74, 6) is 0.675. The highest BCUT2D eigenvalue weighted by Gasteiger charge is 2.25. The van der Waals surface area contributed by atoms with Gasteiger partial charge >= 0.3 is 0 Å². The van der Waals surface area contributed by atoms with Gasteiger partial charge in [0.05, 0.1) is 0 Å². The van der Waals surface area contributed by atoms with Crippen LogP contribution in [0.25, 0.3) is 0 Å². The van der Waals surface area contributed by atoms with Gasteiger partial charge in [-0.05, 0) is 26.0 Å². The van der Waals surface area contributed by atoms with E-state index in [1.165, 1.54) is 12.8 Å². The lowest BCUT2D eigenvalue weighted by Crippen LogP contribution is -2.26. The van der Waals surface area contributed by atoms with Crippen LogP contribution in [0.3, 0.4) is 0 Å². The molecule has 16 heavy (non-hydrogen) atoms. The molecule has 2 rings (SSSR count). The minimum absolute atomic E-state index is 0.474. The summed E-state index contributed by atoms with van der Waals surface area (Å²) in [6, 6.07) is 4.61. The van der Waals surface area contributed by atoms with E-state index >= 15 is 0 Å². The Bertz CT molecular complexity index is 339. The molecule has 0 unspecified atom stereocenters. The first-order valence-electron chi connectivity index (χ1n) is 5.78. The van der Waals surface area contributed by atoms with Gasteiger partial charge in [-0.1, -0.05) is 6.07 Å². The second-order valence-corrected chi connectivity index (χ2v) is 4.23. The zero-order valence-electron chi connectivity index (χ0n) is 9.72. The molecule has 2 N–H and O–H groups in total. The van der Waals surface area contributed by atoms with E-state index in [0.717, 1.165) is 18.2 Å². The number of ether oxygens (including phenoxy) is 1. The van der Waals surface area contributed by atoms with Crippen LogP contribution in [-0.2, 0) is 6.54 Å². The Kier molecular flexibility index (Phi) is 3.74. The molecule has 88 valence electrons. The average Bonchev–Trinajstić information content (AvgIpc) is 3.13. The van der Waals surface area contributed by atoms with Gasteiger partial charge in [0, 0.05) is 30.9 Å². The van der Waals surface area contributed by atoms with E-state index in [9.17, 15) is 0 Å². The Morgan fingerprint density at radius 1 is 1.56 bits per heavy atom. The molecule has 0 saturated heterocycles. The molecule has 1 aliphatic rings. The Balaban J connectivity index is 1.79. The summed E-state index contributed by atoms with van der Waals surface area (Å²) in [5, 5.41) is 0. The fraction of sp³-hybridized carbons (Fsp3) is 0.583. The maximum Gasteiger partial charge on any atom is 0.217 e. The second kappa shape index (κ2) is 5.27. The van der Waals surface area contributed by atoms with Crippen LogP contribution in [0.15, 0.2) is 18.3 Å². The molecule has 0 atom stereocenters. The molecule has 1 saturated carbocycles. The summed E-state index contributed by atoms with van der Waals surface area (Å²) in [5.41, 5.74) is 6.58. The average molecular weight is 221 g/mol. The number of nitrogens with zero attached hydrogens (tertiary/aromatic N) is 2. The van der Waals surface area contributed by atoms with Crippen LogP contribution < -0.4 is 10.5 Å². The van der Waals surface area contributed by atoms with E-state index in [2.05, 4.69) is 16.9 Å². The summed E-state index contributed by atoms with van der Waals surface area (Å²) in [6.45, 7) is 2.10. The van der Waals surface area contributed by atoms with E-state index in [1.54, 1.807) is 6.20 Å². The SMILES string of the molecule is CN(CCOc1ncccc1CN)C1CC1. The molecule has 0 amide bonds. The van der Waals surface area contributed by atoms with Gasteiger partial charge in [0.2, 0.25) is 5.88 Å². The molecule has 4 nitrogen and oxygen atoms in total. The van der Waals surface area contributed by atoms with Crippen molar-refractivity contribution in [1.82, 2.24) is 9.88 Å². The third-order valence-corrected chi connectivity index (χ3v) is 2.92. The summed E-state index contributed by atoms with van der Waals surface area (Å²) < 4.78 is 5.64. The van der Waals surface area contributed by atoms with E-state index in [-0.39, 0.29) is 0 Å². The van der Waals surface area contributed by atoms with Crippen LogP contribution in [-0.4, -0.2) is 36.1 Å². The molecule has 1 fully saturated rings. The molecule has 1 aromatic heterocycles. The van der Waals surface area contributed by atoms with Gasteiger partial charge in [-0.25, -0.2) is 4.98 Å². The van der Waals surface area contributed by atoms with Crippen molar-refractivity contribution < 1.29 is 4.74 Å². The maximum atomic E-state index is 5.64. The Labute approximate surface area is 96.4 Å². The molecular formula is C12H19N3O. The zero-order chi connectivity index (χ0) is 11.4. The van der Waals surface area contributed by atoms with Crippen LogP contribution in [0.5, 0.6) is 5.88 Å². The van der Waals surface area contributed by atoms with E-state index in [4.69, 9.17) is 10.5 Å². The summed E-state index contributed by atoms with van der Waals surface area (Å²) in [4.78, 5) is 6.52. The number of hydrogen-bond acceptors (Lipinski definition) is 4. The van der Waals surface area contributed by atoms with Crippen molar-refractivity contribution in [1.29, 1.82) is 0 Å². The monoisotopic (exact) mass is 221 g/mol.